The summed E-state index contributed by atoms with van der Waals surface area (Å²) in [5.41, 5.74) is -0.495. The molecule has 0 aromatic carbocycles. The van der Waals surface area contributed by atoms with Crippen molar-refractivity contribution >= 4 is 6.09 Å². The molecule has 0 bridgehead atoms. The molecule has 1 amide bonds. The lowest BCUT2D eigenvalue weighted by molar-refractivity contribution is -0.0103. The summed E-state index contributed by atoms with van der Waals surface area (Å²) in [6, 6.07) is 0.205. The first-order chi connectivity index (χ1) is 10.8. The van der Waals surface area contributed by atoms with Gasteiger partial charge in [0.15, 0.2) is 0 Å². The molecule has 1 aliphatic carbocycles. The van der Waals surface area contributed by atoms with Crippen LogP contribution in [0.25, 0.3) is 0 Å². The highest BCUT2D eigenvalue weighted by Gasteiger charge is 2.37. The van der Waals surface area contributed by atoms with Crippen molar-refractivity contribution in [2.24, 2.45) is 0 Å². The van der Waals surface area contributed by atoms with Gasteiger partial charge in [-0.05, 0) is 52.9 Å². The van der Waals surface area contributed by atoms with Gasteiger partial charge in [0.2, 0.25) is 0 Å². The molecule has 1 saturated carbocycles. The fourth-order valence-corrected chi connectivity index (χ4v) is 3.60. The van der Waals surface area contributed by atoms with Gasteiger partial charge in [-0.25, -0.2) is 4.79 Å². The zero-order valence-corrected chi connectivity index (χ0v) is 14.9. The lowest BCUT2D eigenvalue weighted by Gasteiger charge is -2.44. The number of alkyl carbamates (subject to hydrolysis) is 1. The fraction of sp³-hybridized carbons (Fsp3) is 0.941. The minimum atomic E-state index is -0.495. The van der Waals surface area contributed by atoms with Gasteiger partial charge in [0, 0.05) is 32.3 Å². The first-order valence-corrected chi connectivity index (χ1v) is 8.73. The van der Waals surface area contributed by atoms with Crippen LogP contribution in [0.3, 0.4) is 0 Å². The van der Waals surface area contributed by atoms with Crippen molar-refractivity contribution in [2.75, 3.05) is 20.2 Å². The van der Waals surface area contributed by atoms with Crippen LogP contribution in [0, 0.1) is 0 Å². The van der Waals surface area contributed by atoms with Crippen LogP contribution in [0.2, 0.25) is 0 Å². The van der Waals surface area contributed by atoms with Crippen LogP contribution in [0.1, 0.15) is 52.9 Å². The van der Waals surface area contributed by atoms with E-state index in [0.29, 0.717) is 12.5 Å². The number of hydrogen-bond acceptors (Lipinski definition) is 5. The predicted molar refractivity (Wildman–Crippen MR) is 88.4 cm³/mol. The maximum Gasteiger partial charge on any atom is 0.407 e. The van der Waals surface area contributed by atoms with Crippen molar-refractivity contribution in [3.8, 4) is 0 Å². The molecule has 2 rings (SSSR count). The maximum absolute atomic E-state index is 12.1. The molecule has 6 heteroatoms. The Labute approximate surface area is 139 Å². The number of aliphatic hydroxyl groups is 1. The molecule has 2 fully saturated rings. The Balaban J connectivity index is 1.95. The van der Waals surface area contributed by atoms with Crippen LogP contribution < -0.4 is 5.32 Å². The van der Waals surface area contributed by atoms with E-state index in [0.717, 1.165) is 38.8 Å². The summed E-state index contributed by atoms with van der Waals surface area (Å²) in [5, 5.41) is 13.1. The molecule has 3 atom stereocenters. The van der Waals surface area contributed by atoms with Crippen LogP contribution in [0.15, 0.2) is 0 Å². The molecule has 0 aromatic rings. The van der Waals surface area contributed by atoms with Crippen molar-refractivity contribution in [1.82, 2.24) is 10.2 Å². The van der Waals surface area contributed by atoms with Gasteiger partial charge < -0.3 is 19.9 Å². The number of amides is 1. The molecule has 23 heavy (non-hydrogen) atoms. The zero-order valence-electron chi connectivity index (χ0n) is 14.9. The van der Waals surface area contributed by atoms with Crippen LogP contribution in [0.4, 0.5) is 4.79 Å². The van der Waals surface area contributed by atoms with E-state index in [1.54, 1.807) is 7.11 Å². The van der Waals surface area contributed by atoms with E-state index in [4.69, 9.17) is 9.47 Å². The Hall–Kier alpha value is -0.850. The van der Waals surface area contributed by atoms with Gasteiger partial charge in [0.05, 0.1) is 12.2 Å². The summed E-state index contributed by atoms with van der Waals surface area (Å²) < 4.78 is 10.8. The summed E-state index contributed by atoms with van der Waals surface area (Å²) in [6.07, 6.45) is 3.91. The van der Waals surface area contributed by atoms with Crippen LogP contribution in [0.5, 0.6) is 0 Å². The van der Waals surface area contributed by atoms with E-state index in [1.165, 1.54) is 0 Å². The molecule has 0 aromatic heterocycles. The largest absolute Gasteiger partial charge is 0.444 e. The second-order valence-corrected chi connectivity index (χ2v) is 7.76. The van der Waals surface area contributed by atoms with Crippen molar-refractivity contribution in [3.63, 3.8) is 0 Å². The van der Waals surface area contributed by atoms with E-state index in [9.17, 15) is 9.90 Å². The SMILES string of the molecule is COC1CCN(C2CC(O)CCC2NC(=O)OC(C)(C)C)CC1. The molecule has 2 aliphatic rings. The average molecular weight is 328 g/mol. The minimum Gasteiger partial charge on any atom is -0.444 e. The van der Waals surface area contributed by atoms with E-state index in [-0.39, 0.29) is 24.3 Å². The Morgan fingerprint density at radius 1 is 1.17 bits per heavy atom. The molecule has 1 heterocycles. The van der Waals surface area contributed by atoms with Crippen molar-refractivity contribution in [2.45, 2.75) is 82.8 Å². The number of carbonyl (C=O) groups is 1. The lowest BCUT2D eigenvalue weighted by atomic mass is 9.86. The number of likely N-dealkylation sites (tertiary alicyclic amines) is 1. The van der Waals surface area contributed by atoms with Gasteiger partial charge in [0.1, 0.15) is 5.60 Å². The number of aliphatic hydroxyl groups excluding tert-OH is 1. The second kappa shape index (κ2) is 7.81. The molecule has 0 spiro atoms. The molecular weight excluding hydrogens is 296 g/mol. The fourth-order valence-electron chi connectivity index (χ4n) is 3.60. The molecule has 1 saturated heterocycles. The van der Waals surface area contributed by atoms with Crippen molar-refractivity contribution in [1.29, 1.82) is 0 Å². The number of nitrogens with zero attached hydrogens (tertiary/aromatic N) is 1. The molecule has 0 radical (unpaired) electrons. The summed E-state index contributed by atoms with van der Waals surface area (Å²) in [7, 11) is 1.76. The molecule has 1 aliphatic heterocycles. The summed E-state index contributed by atoms with van der Waals surface area (Å²) in [6.45, 7) is 7.49. The second-order valence-electron chi connectivity index (χ2n) is 7.76. The minimum absolute atomic E-state index is 0.0346. The van der Waals surface area contributed by atoms with E-state index < -0.39 is 5.60 Å². The quantitative estimate of drug-likeness (QED) is 0.828. The molecule has 6 nitrogen and oxygen atoms in total. The van der Waals surface area contributed by atoms with E-state index >= 15 is 0 Å². The van der Waals surface area contributed by atoms with Crippen LogP contribution >= 0.6 is 0 Å². The highest BCUT2D eigenvalue weighted by atomic mass is 16.6. The number of piperidine rings is 1. The van der Waals surface area contributed by atoms with Gasteiger partial charge in [0.25, 0.3) is 0 Å². The smallest absolute Gasteiger partial charge is 0.407 e. The third-order valence-electron chi connectivity index (χ3n) is 4.77. The molecule has 2 N–H and O–H groups in total. The van der Waals surface area contributed by atoms with Crippen LogP contribution in [-0.4, -0.2) is 66.2 Å². The monoisotopic (exact) mass is 328 g/mol. The first kappa shape index (κ1) is 18.5. The normalized spacial score (nSPS) is 30.9. The number of carbonyl (C=O) groups excluding carboxylic acids is 1. The van der Waals surface area contributed by atoms with Gasteiger partial charge in [-0.15, -0.1) is 0 Å². The number of rotatable bonds is 3. The Kier molecular flexibility index (Phi) is 6.28. The summed E-state index contributed by atoms with van der Waals surface area (Å²) in [4.78, 5) is 14.5. The number of methoxy groups -OCH3 is 1. The Morgan fingerprint density at radius 2 is 1.83 bits per heavy atom. The Bertz CT molecular complexity index is 389. The van der Waals surface area contributed by atoms with E-state index in [1.807, 2.05) is 20.8 Å². The van der Waals surface area contributed by atoms with Crippen molar-refractivity contribution in [3.05, 3.63) is 0 Å². The summed E-state index contributed by atoms with van der Waals surface area (Å²) >= 11 is 0. The first-order valence-electron chi connectivity index (χ1n) is 8.73. The third-order valence-corrected chi connectivity index (χ3v) is 4.77. The molecule has 134 valence electrons. The Morgan fingerprint density at radius 3 is 2.39 bits per heavy atom. The molecular formula is C17H32N2O4. The standard InChI is InChI=1S/C17H32N2O4/c1-17(2,3)23-16(21)18-14-6-5-12(20)11-15(14)19-9-7-13(22-4)8-10-19/h12-15,20H,5-11H2,1-4H3,(H,18,21). The van der Waals surface area contributed by atoms with Crippen molar-refractivity contribution < 1.29 is 19.4 Å². The topological polar surface area (TPSA) is 71.0 Å². The predicted octanol–water partition coefficient (Wildman–Crippen LogP) is 1.90. The number of hydrogen-bond donors (Lipinski definition) is 2. The number of ether oxygens (including phenoxy) is 2. The maximum atomic E-state index is 12.1. The van der Waals surface area contributed by atoms with Crippen LogP contribution in [-0.2, 0) is 9.47 Å². The van der Waals surface area contributed by atoms with E-state index in [2.05, 4.69) is 10.2 Å². The highest BCUT2D eigenvalue weighted by Crippen LogP contribution is 2.27. The van der Waals surface area contributed by atoms with Gasteiger partial charge in [-0.3, -0.25) is 4.90 Å². The highest BCUT2D eigenvalue weighted by molar-refractivity contribution is 5.68. The van der Waals surface area contributed by atoms with Gasteiger partial charge in [-0.1, -0.05) is 0 Å². The zero-order chi connectivity index (χ0) is 17.0. The van der Waals surface area contributed by atoms with Gasteiger partial charge in [-0.2, -0.15) is 0 Å². The third kappa shape index (κ3) is 5.62. The molecule has 3 unspecified atom stereocenters. The summed E-state index contributed by atoms with van der Waals surface area (Å²) in [5.74, 6) is 0. The van der Waals surface area contributed by atoms with Gasteiger partial charge >= 0.3 is 6.09 Å². The average Bonchev–Trinajstić information content (AvgIpc) is 2.47. The lowest BCUT2D eigenvalue weighted by Crippen LogP contribution is -2.57. The number of nitrogens with one attached hydrogen (secondary N) is 1.